The zero-order valence-corrected chi connectivity index (χ0v) is 15.8. The Morgan fingerprint density at radius 1 is 1.36 bits per heavy atom. The highest BCUT2D eigenvalue weighted by Crippen LogP contribution is 2.32. The summed E-state index contributed by atoms with van der Waals surface area (Å²) in [5.41, 5.74) is 5.40. The van der Waals surface area contributed by atoms with Gasteiger partial charge in [0.15, 0.2) is 0 Å². The molecule has 2 saturated heterocycles. The number of thiophene rings is 1. The minimum Gasteiger partial charge on any atom is -0.381 e. The van der Waals surface area contributed by atoms with Crippen LogP contribution in [-0.2, 0) is 19.6 Å². The molecule has 140 valence electrons. The minimum atomic E-state index is -3.46. The molecule has 7 nitrogen and oxygen atoms in total. The van der Waals surface area contributed by atoms with Crippen LogP contribution in [0, 0.1) is 5.41 Å². The molecule has 0 aliphatic carbocycles. The molecule has 3 N–H and O–H groups in total. The first-order chi connectivity index (χ1) is 12.0. The number of carbonyl (C=O) groups excluding carboxylic acids is 1. The van der Waals surface area contributed by atoms with Crippen LogP contribution in [0.15, 0.2) is 21.7 Å². The number of piperidine rings is 1. The van der Waals surface area contributed by atoms with Gasteiger partial charge in [-0.25, -0.2) is 13.1 Å². The maximum absolute atomic E-state index is 12.9. The number of likely N-dealkylation sites (tertiary alicyclic amines) is 1. The van der Waals surface area contributed by atoms with Gasteiger partial charge in [0.2, 0.25) is 15.9 Å². The molecule has 0 unspecified atom stereocenters. The lowest BCUT2D eigenvalue weighted by Crippen LogP contribution is -2.54. The number of ether oxygens (including phenoxy) is 1. The number of carbonyl (C=O) groups is 1. The quantitative estimate of drug-likeness (QED) is 0.777. The van der Waals surface area contributed by atoms with Crippen LogP contribution >= 0.6 is 11.3 Å². The third-order valence-corrected chi connectivity index (χ3v) is 8.08. The number of hydrogen-bond donors (Lipinski definition) is 2. The average molecular weight is 388 g/mol. The fraction of sp³-hybridized carbons (Fsp3) is 0.688. The van der Waals surface area contributed by atoms with Crippen molar-refractivity contribution in [3.63, 3.8) is 0 Å². The number of amides is 1. The molecular formula is C16H25N3O4S2. The Morgan fingerprint density at radius 2 is 2.04 bits per heavy atom. The molecule has 3 rings (SSSR count). The summed E-state index contributed by atoms with van der Waals surface area (Å²) in [6.45, 7) is 2.58. The molecule has 3 heterocycles. The highest BCUT2D eigenvalue weighted by Gasteiger charge is 2.42. The van der Waals surface area contributed by atoms with Gasteiger partial charge in [-0.2, -0.15) is 0 Å². The predicted molar refractivity (Wildman–Crippen MR) is 95.8 cm³/mol. The molecule has 25 heavy (non-hydrogen) atoms. The third kappa shape index (κ3) is 4.06. The first-order valence-electron chi connectivity index (χ1n) is 8.60. The lowest BCUT2D eigenvalue weighted by atomic mass is 9.78. The Kier molecular flexibility index (Phi) is 5.79. The molecule has 0 saturated carbocycles. The number of hydrogen-bond acceptors (Lipinski definition) is 6. The van der Waals surface area contributed by atoms with Crippen molar-refractivity contribution < 1.29 is 17.9 Å². The van der Waals surface area contributed by atoms with E-state index in [1.807, 2.05) is 4.90 Å². The van der Waals surface area contributed by atoms with Gasteiger partial charge in [0, 0.05) is 38.9 Å². The first-order valence-corrected chi connectivity index (χ1v) is 11.0. The van der Waals surface area contributed by atoms with E-state index in [0.717, 1.165) is 0 Å². The lowest BCUT2D eigenvalue weighted by Gasteiger charge is -2.41. The van der Waals surface area contributed by atoms with Crippen LogP contribution in [0.3, 0.4) is 0 Å². The Balaban J connectivity index is 1.57. The summed E-state index contributed by atoms with van der Waals surface area (Å²) in [4.78, 5) is 14.8. The third-order valence-electron chi connectivity index (χ3n) is 5.16. The van der Waals surface area contributed by atoms with E-state index in [4.69, 9.17) is 10.5 Å². The summed E-state index contributed by atoms with van der Waals surface area (Å²) in [6.07, 6.45) is 2.56. The zero-order chi connectivity index (χ0) is 17.9. The molecule has 0 aromatic carbocycles. The molecule has 0 bridgehead atoms. The second-order valence-electron chi connectivity index (χ2n) is 6.72. The average Bonchev–Trinajstić information content (AvgIpc) is 3.18. The van der Waals surface area contributed by atoms with E-state index in [9.17, 15) is 13.2 Å². The first kappa shape index (κ1) is 18.8. The fourth-order valence-electron chi connectivity index (χ4n) is 3.50. The van der Waals surface area contributed by atoms with Gasteiger partial charge in [0.1, 0.15) is 4.21 Å². The molecule has 1 aromatic rings. The maximum atomic E-state index is 12.9. The van der Waals surface area contributed by atoms with Crippen molar-refractivity contribution in [2.24, 2.45) is 11.1 Å². The normalized spacial score (nSPS) is 22.0. The van der Waals surface area contributed by atoms with Crippen molar-refractivity contribution in [2.75, 3.05) is 32.8 Å². The van der Waals surface area contributed by atoms with Crippen molar-refractivity contribution in [3.8, 4) is 0 Å². The van der Waals surface area contributed by atoms with E-state index in [0.29, 0.717) is 62.7 Å². The highest BCUT2D eigenvalue weighted by molar-refractivity contribution is 7.91. The van der Waals surface area contributed by atoms with Crippen molar-refractivity contribution in [1.29, 1.82) is 0 Å². The topological polar surface area (TPSA) is 102 Å². The SMILES string of the molecule is NCC1(C(=O)N2CCC(NS(=O)(=O)c3cccs3)CC2)CCOCC1. The van der Waals surface area contributed by atoms with Gasteiger partial charge in [-0.3, -0.25) is 4.79 Å². The summed E-state index contributed by atoms with van der Waals surface area (Å²) in [6, 6.07) is 3.18. The van der Waals surface area contributed by atoms with Crippen LogP contribution < -0.4 is 10.5 Å². The van der Waals surface area contributed by atoms with E-state index in [-0.39, 0.29) is 11.9 Å². The van der Waals surface area contributed by atoms with Crippen LogP contribution in [0.25, 0.3) is 0 Å². The molecule has 0 radical (unpaired) electrons. The summed E-state index contributed by atoms with van der Waals surface area (Å²) in [7, 11) is -3.46. The number of sulfonamides is 1. The van der Waals surface area contributed by atoms with E-state index in [1.54, 1.807) is 17.5 Å². The number of nitrogens with one attached hydrogen (secondary N) is 1. The van der Waals surface area contributed by atoms with Crippen LogP contribution in [0.5, 0.6) is 0 Å². The molecule has 2 aliphatic rings. The Labute approximate surface area is 152 Å². The second kappa shape index (κ2) is 7.71. The predicted octanol–water partition coefficient (Wildman–Crippen LogP) is 0.773. The standard InChI is InChI=1S/C16H25N3O4S2/c17-12-16(5-9-23-10-6-16)15(20)19-7-3-13(4-8-19)18-25(21,22)14-2-1-11-24-14/h1-2,11,13,18H,3-10,12,17H2. The smallest absolute Gasteiger partial charge is 0.250 e. The van der Waals surface area contributed by atoms with Crippen molar-refractivity contribution in [1.82, 2.24) is 9.62 Å². The molecule has 9 heteroatoms. The van der Waals surface area contributed by atoms with Crippen molar-refractivity contribution >= 4 is 27.3 Å². The van der Waals surface area contributed by atoms with E-state index >= 15 is 0 Å². The van der Waals surface area contributed by atoms with E-state index in [1.165, 1.54) is 11.3 Å². The van der Waals surface area contributed by atoms with Crippen molar-refractivity contribution in [3.05, 3.63) is 17.5 Å². The van der Waals surface area contributed by atoms with Gasteiger partial charge in [0.05, 0.1) is 5.41 Å². The van der Waals surface area contributed by atoms with E-state index in [2.05, 4.69) is 4.72 Å². The van der Waals surface area contributed by atoms with E-state index < -0.39 is 15.4 Å². The van der Waals surface area contributed by atoms with Gasteiger partial charge in [-0.1, -0.05) is 6.07 Å². The summed E-state index contributed by atoms with van der Waals surface area (Å²) in [5.74, 6) is 0.0952. The van der Waals surface area contributed by atoms with Gasteiger partial charge < -0.3 is 15.4 Å². The van der Waals surface area contributed by atoms with Gasteiger partial charge in [-0.05, 0) is 37.1 Å². The Hall–Kier alpha value is -1.00. The molecule has 0 atom stereocenters. The summed E-state index contributed by atoms with van der Waals surface area (Å²) >= 11 is 1.20. The molecule has 1 aromatic heterocycles. The maximum Gasteiger partial charge on any atom is 0.250 e. The summed E-state index contributed by atoms with van der Waals surface area (Å²) < 4.78 is 33.1. The lowest BCUT2D eigenvalue weighted by molar-refractivity contribution is -0.148. The molecule has 0 spiro atoms. The van der Waals surface area contributed by atoms with Crippen LogP contribution in [0.1, 0.15) is 25.7 Å². The molecule has 1 amide bonds. The Bertz CT molecular complexity index is 676. The largest absolute Gasteiger partial charge is 0.381 e. The van der Waals surface area contributed by atoms with Crippen LogP contribution in [-0.4, -0.2) is 58.1 Å². The monoisotopic (exact) mass is 387 g/mol. The molecule has 2 fully saturated rings. The fourth-order valence-corrected chi connectivity index (χ4v) is 5.81. The highest BCUT2D eigenvalue weighted by atomic mass is 32.2. The van der Waals surface area contributed by atoms with Gasteiger partial charge >= 0.3 is 0 Å². The van der Waals surface area contributed by atoms with Crippen LogP contribution in [0.2, 0.25) is 0 Å². The molecule has 2 aliphatic heterocycles. The van der Waals surface area contributed by atoms with Crippen molar-refractivity contribution in [2.45, 2.75) is 35.9 Å². The van der Waals surface area contributed by atoms with Crippen LogP contribution in [0.4, 0.5) is 0 Å². The Morgan fingerprint density at radius 3 is 2.60 bits per heavy atom. The number of nitrogens with two attached hydrogens (primary N) is 1. The number of rotatable bonds is 5. The zero-order valence-electron chi connectivity index (χ0n) is 14.1. The second-order valence-corrected chi connectivity index (χ2v) is 9.61. The molecular weight excluding hydrogens is 362 g/mol. The van der Waals surface area contributed by atoms with Gasteiger partial charge in [-0.15, -0.1) is 11.3 Å². The number of nitrogens with zero attached hydrogens (tertiary/aromatic N) is 1. The summed E-state index contributed by atoms with van der Waals surface area (Å²) in [5, 5.41) is 1.75. The minimum absolute atomic E-state index is 0.0952. The van der Waals surface area contributed by atoms with Gasteiger partial charge in [0.25, 0.3) is 0 Å².